The molecule has 0 atom stereocenters. The highest BCUT2D eigenvalue weighted by atomic mass is 19.4. The van der Waals surface area contributed by atoms with Crippen molar-refractivity contribution in [3.05, 3.63) is 64.1 Å². The molecule has 0 aliphatic rings. The minimum absolute atomic E-state index is 0.174. The van der Waals surface area contributed by atoms with Crippen molar-refractivity contribution < 1.29 is 22.7 Å². The van der Waals surface area contributed by atoms with E-state index in [9.17, 15) is 22.8 Å². The number of aromatic nitrogens is 1. The third-order valence-corrected chi connectivity index (χ3v) is 2.85. The van der Waals surface area contributed by atoms with Crippen LogP contribution in [0.5, 0.6) is 0 Å². The van der Waals surface area contributed by atoms with Crippen molar-refractivity contribution in [3.63, 3.8) is 0 Å². The zero-order chi connectivity index (χ0) is 16.9. The van der Waals surface area contributed by atoms with E-state index in [1.54, 1.807) is 24.3 Å². The van der Waals surface area contributed by atoms with Gasteiger partial charge in [-0.3, -0.25) is 9.59 Å². The monoisotopic (exact) mass is 326 g/mol. The van der Waals surface area contributed by atoms with E-state index in [2.05, 4.69) is 5.32 Å². The molecule has 0 saturated heterocycles. The van der Waals surface area contributed by atoms with E-state index in [4.69, 9.17) is 4.74 Å². The Morgan fingerprint density at radius 3 is 2.57 bits per heavy atom. The number of hydrogen-bond acceptors (Lipinski definition) is 3. The number of hydrogen-bond donors (Lipinski definition) is 2. The number of pyridine rings is 1. The number of anilines is 1. The Labute approximate surface area is 129 Å². The lowest BCUT2D eigenvalue weighted by Crippen LogP contribution is -2.24. The predicted molar refractivity (Wildman–Crippen MR) is 76.8 cm³/mol. The highest BCUT2D eigenvalue weighted by Gasteiger charge is 2.31. The third-order valence-electron chi connectivity index (χ3n) is 2.85. The first-order valence-electron chi connectivity index (χ1n) is 6.58. The van der Waals surface area contributed by atoms with Crippen LogP contribution in [0, 0.1) is 0 Å². The van der Waals surface area contributed by atoms with Gasteiger partial charge in [0.05, 0.1) is 12.2 Å². The molecule has 0 aliphatic heterocycles. The van der Waals surface area contributed by atoms with Gasteiger partial charge in [-0.25, -0.2) is 0 Å². The third kappa shape index (κ3) is 4.96. The van der Waals surface area contributed by atoms with Gasteiger partial charge in [0.15, 0.2) is 0 Å². The highest BCUT2D eigenvalue weighted by Crippen LogP contribution is 2.29. The predicted octanol–water partition coefficient (Wildman–Crippen LogP) is 2.55. The van der Waals surface area contributed by atoms with Crippen molar-refractivity contribution in [2.24, 2.45) is 0 Å². The second-order valence-corrected chi connectivity index (χ2v) is 4.66. The summed E-state index contributed by atoms with van der Waals surface area (Å²) in [6, 6.07) is 9.62. The quantitative estimate of drug-likeness (QED) is 0.887. The molecule has 0 radical (unpaired) electrons. The van der Waals surface area contributed by atoms with Crippen LogP contribution in [-0.2, 0) is 22.3 Å². The summed E-state index contributed by atoms with van der Waals surface area (Å²) in [5, 5.41) is 2.10. The average Bonchev–Trinajstić information content (AvgIpc) is 2.49. The molecule has 2 rings (SSSR count). The number of amides is 1. The molecule has 1 aromatic heterocycles. The number of rotatable bonds is 5. The summed E-state index contributed by atoms with van der Waals surface area (Å²) < 4.78 is 42.8. The van der Waals surface area contributed by atoms with Crippen LogP contribution in [0.3, 0.4) is 0 Å². The number of H-pyrrole nitrogens is 1. The molecule has 5 nitrogen and oxygen atoms in total. The van der Waals surface area contributed by atoms with Gasteiger partial charge in [-0.15, -0.1) is 0 Å². The van der Waals surface area contributed by atoms with Gasteiger partial charge >= 0.3 is 6.18 Å². The molecule has 23 heavy (non-hydrogen) atoms. The molecule has 0 fully saturated rings. The van der Waals surface area contributed by atoms with Crippen molar-refractivity contribution in [3.8, 4) is 0 Å². The minimum Gasteiger partial charge on any atom is -0.367 e. The Kier molecular flexibility index (Phi) is 5.17. The number of alkyl halides is 3. The Hall–Kier alpha value is -2.61. The van der Waals surface area contributed by atoms with E-state index in [0.717, 1.165) is 5.56 Å². The van der Waals surface area contributed by atoms with Crippen LogP contribution in [0.2, 0.25) is 0 Å². The summed E-state index contributed by atoms with van der Waals surface area (Å²) in [4.78, 5) is 25.0. The Morgan fingerprint density at radius 2 is 1.91 bits per heavy atom. The molecular weight excluding hydrogens is 313 g/mol. The van der Waals surface area contributed by atoms with Crippen molar-refractivity contribution >= 4 is 11.6 Å². The average molecular weight is 326 g/mol. The largest absolute Gasteiger partial charge is 0.417 e. The number of aromatic amines is 1. The van der Waals surface area contributed by atoms with Crippen molar-refractivity contribution in [1.82, 2.24) is 4.98 Å². The van der Waals surface area contributed by atoms with Gasteiger partial charge in [-0.05, 0) is 11.6 Å². The fourth-order valence-electron chi connectivity index (χ4n) is 1.76. The van der Waals surface area contributed by atoms with E-state index in [0.29, 0.717) is 12.3 Å². The number of benzene rings is 1. The maximum Gasteiger partial charge on any atom is 0.417 e. The number of nitrogens with one attached hydrogen (secondary N) is 2. The van der Waals surface area contributed by atoms with Crippen molar-refractivity contribution in [2.45, 2.75) is 12.8 Å². The minimum atomic E-state index is -4.62. The van der Waals surface area contributed by atoms with Crippen LogP contribution < -0.4 is 10.9 Å². The van der Waals surface area contributed by atoms with Crippen molar-refractivity contribution in [2.75, 3.05) is 11.9 Å². The van der Waals surface area contributed by atoms with Crippen molar-refractivity contribution in [1.29, 1.82) is 0 Å². The van der Waals surface area contributed by atoms with Crippen LogP contribution in [0.4, 0.5) is 18.9 Å². The molecule has 0 saturated carbocycles. The van der Waals surface area contributed by atoms with Gasteiger partial charge in [-0.2, -0.15) is 13.2 Å². The summed E-state index contributed by atoms with van der Waals surface area (Å²) >= 11 is 0. The first-order valence-corrected chi connectivity index (χ1v) is 6.58. The van der Waals surface area contributed by atoms with Gasteiger partial charge in [-0.1, -0.05) is 30.3 Å². The number of ether oxygens (including phenoxy) is 1. The first kappa shape index (κ1) is 16.8. The van der Waals surface area contributed by atoms with Gasteiger partial charge in [0, 0.05) is 6.20 Å². The van der Waals surface area contributed by atoms with Crippen LogP contribution >= 0.6 is 0 Å². The smallest absolute Gasteiger partial charge is 0.367 e. The molecule has 8 heteroatoms. The highest BCUT2D eigenvalue weighted by molar-refractivity contribution is 5.91. The van der Waals surface area contributed by atoms with Gasteiger partial charge in [0.1, 0.15) is 12.3 Å². The summed E-state index contributed by atoms with van der Waals surface area (Å²) in [7, 11) is 0. The summed E-state index contributed by atoms with van der Waals surface area (Å²) in [5.74, 6) is -0.717. The zero-order valence-electron chi connectivity index (χ0n) is 11.8. The molecule has 1 amide bonds. The second kappa shape index (κ2) is 7.10. The lowest BCUT2D eigenvalue weighted by molar-refractivity contribution is -0.137. The molecule has 2 aromatic rings. The molecule has 1 heterocycles. The molecule has 1 aromatic carbocycles. The van der Waals surface area contributed by atoms with E-state index in [1.165, 1.54) is 0 Å². The summed E-state index contributed by atoms with van der Waals surface area (Å²) in [6.07, 6.45) is -4.07. The number of carbonyl (C=O) groups is 1. The summed E-state index contributed by atoms with van der Waals surface area (Å²) in [5.41, 5.74) is -1.52. The molecular formula is C15H13F3N2O3. The maximum absolute atomic E-state index is 12.6. The van der Waals surface area contributed by atoms with Gasteiger partial charge < -0.3 is 15.0 Å². The van der Waals surface area contributed by atoms with Crippen LogP contribution in [0.1, 0.15) is 11.1 Å². The van der Waals surface area contributed by atoms with Crippen LogP contribution in [0.15, 0.2) is 47.4 Å². The summed E-state index contributed by atoms with van der Waals surface area (Å²) in [6.45, 7) is -0.211. The van der Waals surface area contributed by atoms with Crippen LogP contribution in [0.25, 0.3) is 0 Å². The standard InChI is InChI=1S/C15H13F3N2O3/c16-15(17,18)11-6-12(14(22)19-7-11)20-13(21)9-23-8-10-4-2-1-3-5-10/h1-7H,8-9H2,(H,19,22)(H,20,21). The Morgan fingerprint density at radius 1 is 1.22 bits per heavy atom. The molecule has 0 spiro atoms. The number of halogens is 3. The van der Waals surface area contributed by atoms with E-state index in [1.807, 2.05) is 11.1 Å². The molecule has 2 N–H and O–H groups in total. The second-order valence-electron chi connectivity index (χ2n) is 4.66. The van der Waals surface area contributed by atoms with Crippen LogP contribution in [-0.4, -0.2) is 17.5 Å². The number of carbonyl (C=O) groups excluding carboxylic acids is 1. The Bertz CT molecular complexity index is 727. The lowest BCUT2D eigenvalue weighted by Gasteiger charge is -2.09. The fraction of sp³-hybridized carbons (Fsp3) is 0.200. The molecule has 0 bridgehead atoms. The first-order chi connectivity index (χ1) is 10.9. The molecule has 0 aliphatic carbocycles. The van der Waals surface area contributed by atoms with Gasteiger partial charge in [0.2, 0.25) is 0 Å². The van der Waals surface area contributed by atoms with E-state index in [-0.39, 0.29) is 13.2 Å². The fourth-order valence-corrected chi connectivity index (χ4v) is 1.76. The van der Waals surface area contributed by atoms with E-state index >= 15 is 0 Å². The van der Waals surface area contributed by atoms with E-state index < -0.39 is 28.9 Å². The maximum atomic E-state index is 12.6. The Balaban J connectivity index is 1.94. The lowest BCUT2D eigenvalue weighted by atomic mass is 10.2. The normalized spacial score (nSPS) is 11.3. The SMILES string of the molecule is O=C(COCc1ccccc1)Nc1cc(C(F)(F)F)c[nH]c1=O. The topological polar surface area (TPSA) is 71.2 Å². The molecule has 122 valence electrons. The zero-order valence-corrected chi connectivity index (χ0v) is 11.8. The van der Waals surface area contributed by atoms with Gasteiger partial charge in [0.25, 0.3) is 11.5 Å². The molecule has 0 unspecified atom stereocenters.